The van der Waals surface area contributed by atoms with Gasteiger partial charge in [0.15, 0.2) is 0 Å². The van der Waals surface area contributed by atoms with Crippen molar-refractivity contribution in [1.82, 2.24) is 4.98 Å². The highest BCUT2D eigenvalue weighted by atomic mass is 32.1. The van der Waals surface area contributed by atoms with Gasteiger partial charge in [-0.1, -0.05) is 0 Å². The third-order valence-electron chi connectivity index (χ3n) is 2.74. The van der Waals surface area contributed by atoms with E-state index >= 15 is 0 Å². The number of aromatic nitrogens is 1. The third kappa shape index (κ3) is 2.08. The van der Waals surface area contributed by atoms with Crippen LogP contribution < -0.4 is 5.32 Å². The molecule has 1 N–H and O–H groups in total. The van der Waals surface area contributed by atoms with Crippen LogP contribution in [0.3, 0.4) is 0 Å². The molecule has 86 valence electrons. The molecule has 0 atom stereocenters. The molecule has 0 bridgehead atoms. The number of thiazole rings is 1. The van der Waals surface area contributed by atoms with Crippen molar-refractivity contribution < 1.29 is 4.79 Å². The lowest BCUT2D eigenvalue weighted by Crippen LogP contribution is -2.18. The summed E-state index contributed by atoms with van der Waals surface area (Å²) >= 11 is 5.79. The molecule has 0 aliphatic carbocycles. The van der Waals surface area contributed by atoms with Crippen LogP contribution >= 0.6 is 24.0 Å². The molecule has 1 aliphatic rings. The molecule has 1 amide bonds. The van der Waals surface area contributed by atoms with E-state index in [1.807, 2.05) is 17.5 Å². The van der Waals surface area contributed by atoms with Gasteiger partial charge in [-0.2, -0.15) is 0 Å². The monoisotopic (exact) mass is 262 g/mol. The van der Waals surface area contributed by atoms with Gasteiger partial charge in [0.05, 0.1) is 0 Å². The number of thiol groups is 1. The summed E-state index contributed by atoms with van der Waals surface area (Å²) in [5.74, 6) is 0.0946. The fourth-order valence-electron chi connectivity index (χ4n) is 1.91. The van der Waals surface area contributed by atoms with Crippen LogP contribution in [0.4, 0.5) is 5.69 Å². The van der Waals surface area contributed by atoms with Crippen LogP contribution in [-0.2, 0) is 11.2 Å². The van der Waals surface area contributed by atoms with Gasteiger partial charge in [-0.25, -0.2) is 4.98 Å². The standard InChI is InChI=1S/C12H10N2OS2/c15-10-4-2-7-5-8(1-3-9(7)13-10)12-14-11(16)6-17-12/h1,3,5-6,16H,2,4H2,(H,13,15). The van der Waals surface area contributed by atoms with Crippen molar-refractivity contribution in [3.8, 4) is 10.6 Å². The zero-order chi connectivity index (χ0) is 11.8. The first kappa shape index (κ1) is 10.8. The molecule has 0 unspecified atom stereocenters. The van der Waals surface area contributed by atoms with Crippen molar-refractivity contribution in [3.63, 3.8) is 0 Å². The van der Waals surface area contributed by atoms with Crippen molar-refractivity contribution in [1.29, 1.82) is 0 Å². The summed E-state index contributed by atoms with van der Waals surface area (Å²) in [5.41, 5.74) is 3.19. The Kier molecular flexibility index (Phi) is 2.64. The zero-order valence-electron chi connectivity index (χ0n) is 8.93. The van der Waals surface area contributed by atoms with Crippen molar-refractivity contribution in [2.75, 3.05) is 5.32 Å². The van der Waals surface area contributed by atoms with E-state index in [0.29, 0.717) is 6.42 Å². The minimum Gasteiger partial charge on any atom is -0.326 e. The normalized spacial score (nSPS) is 14.3. The molecule has 0 saturated heterocycles. The van der Waals surface area contributed by atoms with Gasteiger partial charge < -0.3 is 5.32 Å². The molecule has 0 fully saturated rings. The fraction of sp³-hybridized carbons (Fsp3) is 0.167. The first-order chi connectivity index (χ1) is 8.22. The van der Waals surface area contributed by atoms with Gasteiger partial charge in [-0.15, -0.1) is 24.0 Å². The van der Waals surface area contributed by atoms with Gasteiger partial charge in [0, 0.05) is 23.1 Å². The number of carbonyl (C=O) groups excluding carboxylic acids is 1. The second-order valence-corrected chi connectivity index (χ2v) is 5.25. The molecule has 3 rings (SSSR count). The molecule has 3 nitrogen and oxygen atoms in total. The molecule has 0 radical (unpaired) electrons. The van der Waals surface area contributed by atoms with Crippen LogP contribution in [0.5, 0.6) is 0 Å². The molecular weight excluding hydrogens is 252 g/mol. The van der Waals surface area contributed by atoms with Crippen LogP contribution in [0.2, 0.25) is 0 Å². The van der Waals surface area contributed by atoms with Crippen LogP contribution in [0, 0.1) is 0 Å². The second kappa shape index (κ2) is 4.16. The zero-order valence-corrected chi connectivity index (χ0v) is 10.6. The topological polar surface area (TPSA) is 42.0 Å². The SMILES string of the molecule is O=C1CCc2cc(-c3nc(S)cs3)ccc2N1. The van der Waals surface area contributed by atoms with Crippen molar-refractivity contribution in [2.45, 2.75) is 17.9 Å². The van der Waals surface area contributed by atoms with E-state index in [0.717, 1.165) is 27.7 Å². The Morgan fingerprint density at radius 2 is 2.24 bits per heavy atom. The number of rotatable bonds is 1. The average molecular weight is 262 g/mol. The smallest absolute Gasteiger partial charge is 0.224 e. The molecule has 5 heteroatoms. The molecule has 1 aromatic heterocycles. The van der Waals surface area contributed by atoms with E-state index in [2.05, 4.69) is 29.0 Å². The lowest BCUT2D eigenvalue weighted by atomic mass is 10.0. The van der Waals surface area contributed by atoms with Crippen LogP contribution in [-0.4, -0.2) is 10.9 Å². The Morgan fingerprint density at radius 1 is 1.35 bits per heavy atom. The number of amides is 1. The number of nitrogens with zero attached hydrogens (tertiary/aromatic N) is 1. The summed E-state index contributed by atoms with van der Waals surface area (Å²) in [4.78, 5) is 15.6. The first-order valence-corrected chi connectivity index (χ1v) is 6.63. The number of benzene rings is 1. The maximum absolute atomic E-state index is 11.3. The summed E-state index contributed by atoms with van der Waals surface area (Å²) in [6.45, 7) is 0. The second-order valence-electron chi connectivity index (χ2n) is 3.93. The molecule has 2 heterocycles. The Bertz CT molecular complexity index is 592. The summed E-state index contributed by atoms with van der Waals surface area (Å²) < 4.78 is 0. The van der Waals surface area contributed by atoms with E-state index in [1.54, 1.807) is 11.3 Å². The van der Waals surface area contributed by atoms with Crippen molar-refractivity contribution >= 4 is 35.6 Å². The first-order valence-electron chi connectivity index (χ1n) is 5.30. The van der Waals surface area contributed by atoms with Gasteiger partial charge in [-0.05, 0) is 30.2 Å². The molecule has 17 heavy (non-hydrogen) atoms. The highest BCUT2D eigenvalue weighted by Gasteiger charge is 2.15. The van der Waals surface area contributed by atoms with Crippen LogP contribution in [0.25, 0.3) is 10.6 Å². The largest absolute Gasteiger partial charge is 0.326 e. The molecule has 0 saturated carbocycles. The third-order valence-corrected chi connectivity index (χ3v) is 4.03. The number of hydrogen-bond acceptors (Lipinski definition) is 4. The molecular formula is C12H10N2OS2. The highest BCUT2D eigenvalue weighted by Crippen LogP contribution is 2.30. The maximum atomic E-state index is 11.3. The molecule has 2 aromatic rings. The molecule has 1 aliphatic heterocycles. The lowest BCUT2D eigenvalue weighted by molar-refractivity contribution is -0.116. The highest BCUT2D eigenvalue weighted by molar-refractivity contribution is 7.80. The lowest BCUT2D eigenvalue weighted by Gasteiger charge is -2.17. The predicted molar refractivity (Wildman–Crippen MR) is 71.8 cm³/mol. The summed E-state index contributed by atoms with van der Waals surface area (Å²) in [5, 5.41) is 6.50. The maximum Gasteiger partial charge on any atom is 0.224 e. The van der Waals surface area contributed by atoms with Gasteiger partial charge in [0.2, 0.25) is 5.91 Å². The number of fused-ring (bicyclic) bond motifs is 1. The summed E-state index contributed by atoms with van der Waals surface area (Å²) in [6.07, 6.45) is 1.36. The van der Waals surface area contributed by atoms with E-state index in [4.69, 9.17) is 0 Å². The Labute approximate surface area is 108 Å². The van der Waals surface area contributed by atoms with Gasteiger partial charge in [0.25, 0.3) is 0 Å². The Morgan fingerprint density at radius 3 is 3.00 bits per heavy atom. The quantitative estimate of drug-likeness (QED) is 0.776. The number of hydrogen-bond donors (Lipinski definition) is 2. The molecule has 1 aromatic carbocycles. The van der Waals surface area contributed by atoms with E-state index in [-0.39, 0.29) is 5.91 Å². The summed E-state index contributed by atoms with van der Waals surface area (Å²) in [7, 11) is 0. The minimum absolute atomic E-state index is 0.0946. The number of aryl methyl sites for hydroxylation is 1. The Balaban J connectivity index is 2.01. The number of nitrogens with one attached hydrogen (secondary N) is 1. The average Bonchev–Trinajstić information content (AvgIpc) is 2.75. The van der Waals surface area contributed by atoms with Gasteiger partial charge in [0.1, 0.15) is 10.0 Å². The number of anilines is 1. The van der Waals surface area contributed by atoms with E-state index < -0.39 is 0 Å². The van der Waals surface area contributed by atoms with Gasteiger partial charge in [-0.3, -0.25) is 4.79 Å². The van der Waals surface area contributed by atoms with E-state index in [9.17, 15) is 4.79 Å². The van der Waals surface area contributed by atoms with Crippen LogP contribution in [0.1, 0.15) is 12.0 Å². The Hall–Kier alpha value is -1.33. The summed E-state index contributed by atoms with van der Waals surface area (Å²) in [6, 6.07) is 6.03. The van der Waals surface area contributed by atoms with Crippen molar-refractivity contribution in [3.05, 3.63) is 29.1 Å². The molecule has 0 spiro atoms. The van der Waals surface area contributed by atoms with Crippen molar-refractivity contribution in [2.24, 2.45) is 0 Å². The number of carbonyl (C=O) groups is 1. The minimum atomic E-state index is 0.0946. The predicted octanol–water partition coefficient (Wildman–Crippen LogP) is 2.98. The fourth-order valence-corrected chi connectivity index (χ4v) is 2.92. The van der Waals surface area contributed by atoms with E-state index in [1.165, 1.54) is 5.56 Å². The van der Waals surface area contributed by atoms with Gasteiger partial charge >= 0.3 is 0 Å². The van der Waals surface area contributed by atoms with Crippen LogP contribution in [0.15, 0.2) is 28.6 Å².